The molecule has 0 aromatic heterocycles. The first-order valence-corrected chi connectivity index (χ1v) is 7.08. The number of hydrogen-bond acceptors (Lipinski definition) is 2. The molecule has 100 valence electrons. The highest BCUT2D eigenvalue weighted by Gasteiger charge is 2.29. The van der Waals surface area contributed by atoms with Gasteiger partial charge in [0.05, 0.1) is 0 Å². The first-order chi connectivity index (χ1) is 8.60. The Morgan fingerprint density at radius 1 is 1.33 bits per heavy atom. The zero-order chi connectivity index (χ0) is 13.1. The zero-order valence-electron chi connectivity index (χ0n) is 11.4. The predicted octanol–water partition coefficient (Wildman–Crippen LogP) is 3.80. The number of aryl methyl sites for hydroxylation is 1. The lowest BCUT2D eigenvalue weighted by Crippen LogP contribution is -2.45. The summed E-state index contributed by atoms with van der Waals surface area (Å²) in [5, 5.41) is 4.11. The SMILES string of the molecule is CNC1CCC(C)CC1Oc1cc(Cl)ccc1C. The van der Waals surface area contributed by atoms with Crippen LogP contribution in [0.5, 0.6) is 5.75 Å². The smallest absolute Gasteiger partial charge is 0.124 e. The van der Waals surface area contributed by atoms with E-state index in [0.29, 0.717) is 6.04 Å². The molecule has 1 saturated carbocycles. The Kier molecular flexibility index (Phi) is 4.52. The Balaban J connectivity index is 2.12. The third kappa shape index (κ3) is 3.18. The van der Waals surface area contributed by atoms with Crippen LogP contribution in [0, 0.1) is 12.8 Å². The fraction of sp³-hybridized carbons (Fsp3) is 0.600. The number of likely N-dealkylation sites (N-methyl/N-ethyl adjacent to an activating group) is 1. The summed E-state index contributed by atoms with van der Waals surface area (Å²) in [6, 6.07) is 6.28. The number of hydrogen-bond donors (Lipinski definition) is 1. The fourth-order valence-corrected chi connectivity index (χ4v) is 2.82. The van der Waals surface area contributed by atoms with E-state index in [1.165, 1.54) is 12.8 Å². The van der Waals surface area contributed by atoms with E-state index in [1.54, 1.807) is 0 Å². The standard InChI is InChI=1S/C15H22ClNO/c1-10-4-7-13(17-3)15(8-10)18-14-9-12(16)6-5-11(14)2/h5-6,9-10,13,15,17H,4,7-8H2,1-3H3. The van der Waals surface area contributed by atoms with Crippen LogP contribution in [-0.4, -0.2) is 19.2 Å². The second kappa shape index (κ2) is 5.94. The lowest BCUT2D eigenvalue weighted by Gasteiger charge is -2.35. The molecule has 0 aliphatic heterocycles. The summed E-state index contributed by atoms with van der Waals surface area (Å²) in [7, 11) is 2.02. The van der Waals surface area contributed by atoms with E-state index in [2.05, 4.69) is 19.2 Å². The summed E-state index contributed by atoms with van der Waals surface area (Å²) in [5.41, 5.74) is 1.15. The van der Waals surface area contributed by atoms with E-state index in [0.717, 1.165) is 28.7 Å². The van der Waals surface area contributed by atoms with Crippen LogP contribution in [0.25, 0.3) is 0 Å². The van der Waals surface area contributed by atoms with Crippen LogP contribution in [-0.2, 0) is 0 Å². The van der Waals surface area contributed by atoms with Crippen LogP contribution in [0.15, 0.2) is 18.2 Å². The van der Waals surface area contributed by atoms with Crippen molar-refractivity contribution in [1.82, 2.24) is 5.32 Å². The van der Waals surface area contributed by atoms with Crippen LogP contribution in [0.1, 0.15) is 31.7 Å². The zero-order valence-corrected chi connectivity index (χ0v) is 12.1. The Labute approximate surface area is 115 Å². The molecular weight excluding hydrogens is 246 g/mol. The van der Waals surface area contributed by atoms with Gasteiger partial charge in [0.2, 0.25) is 0 Å². The predicted molar refractivity (Wildman–Crippen MR) is 76.5 cm³/mol. The van der Waals surface area contributed by atoms with E-state index in [9.17, 15) is 0 Å². The maximum Gasteiger partial charge on any atom is 0.124 e. The Hall–Kier alpha value is -0.730. The van der Waals surface area contributed by atoms with Gasteiger partial charge in [-0.15, -0.1) is 0 Å². The molecule has 3 unspecified atom stereocenters. The second-order valence-corrected chi connectivity index (χ2v) is 5.82. The van der Waals surface area contributed by atoms with Gasteiger partial charge in [-0.25, -0.2) is 0 Å². The molecular formula is C15H22ClNO. The van der Waals surface area contributed by atoms with Crippen molar-refractivity contribution in [3.05, 3.63) is 28.8 Å². The highest BCUT2D eigenvalue weighted by molar-refractivity contribution is 6.30. The van der Waals surface area contributed by atoms with Crippen molar-refractivity contribution in [3.63, 3.8) is 0 Å². The number of nitrogens with one attached hydrogen (secondary N) is 1. The molecule has 2 nitrogen and oxygen atoms in total. The van der Waals surface area contributed by atoms with E-state index in [-0.39, 0.29) is 6.10 Å². The van der Waals surface area contributed by atoms with Crippen molar-refractivity contribution in [1.29, 1.82) is 0 Å². The normalized spacial score (nSPS) is 28.1. The Morgan fingerprint density at radius 3 is 2.83 bits per heavy atom. The van der Waals surface area contributed by atoms with Crippen molar-refractivity contribution >= 4 is 11.6 Å². The van der Waals surface area contributed by atoms with Gasteiger partial charge in [-0.05, 0) is 56.8 Å². The van der Waals surface area contributed by atoms with Gasteiger partial charge >= 0.3 is 0 Å². The highest BCUT2D eigenvalue weighted by atomic mass is 35.5. The Bertz CT molecular complexity index is 407. The minimum Gasteiger partial charge on any atom is -0.488 e. The molecule has 0 saturated heterocycles. The summed E-state index contributed by atoms with van der Waals surface area (Å²) in [5.74, 6) is 1.65. The molecule has 18 heavy (non-hydrogen) atoms. The maximum absolute atomic E-state index is 6.19. The monoisotopic (exact) mass is 267 g/mol. The minimum absolute atomic E-state index is 0.246. The van der Waals surface area contributed by atoms with Crippen molar-refractivity contribution < 1.29 is 4.74 Å². The van der Waals surface area contributed by atoms with Gasteiger partial charge in [-0.3, -0.25) is 0 Å². The largest absolute Gasteiger partial charge is 0.488 e. The van der Waals surface area contributed by atoms with Gasteiger partial charge in [0, 0.05) is 11.1 Å². The lowest BCUT2D eigenvalue weighted by atomic mass is 9.85. The molecule has 0 spiro atoms. The minimum atomic E-state index is 0.246. The highest BCUT2D eigenvalue weighted by Crippen LogP contribution is 2.30. The van der Waals surface area contributed by atoms with Crippen molar-refractivity contribution in [2.45, 2.75) is 45.3 Å². The second-order valence-electron chi connectivity index (χ2n) is 5.38. The molecule has 3 atom stereocenters. The van der Waals surface area contributed by atoms with E-state index in [1.807, 2.05) is 25.2 Å². The van der Waals surface area contributed by atoms with Gasteiger partial charge in [0.25, 0.3) is 0 Å². The van der Waals surface area contributed by atoms with Gasteiger partial charge in [-0.2, -0.15) is 0 Å². The van der Waals surface area contributed by atoms with Crippen molar-refractivity contribution in [2.75, 3.05) is 7.05 Å². The summed E-state index contributed by atoms with van der Waals surface area (Å²) in [4.78, 5) is 0. The number of halogens is 1. The molecule has 1 aromatic carbocycles. The fourth-order valence-electron chi connectivity index (χ4n) is 2.65. The van der Waals surface area contributed by atoms with Crippen LogP contribution in [0.2, 0.25) is 5.02 Å². The van der Waals surface area contributed by atoms with Crippen LogP contribution >= 0.6 is 11.6 Å². The van der Waals surface area contributed by atoms with E-state index < -0.39 is 0 Å². The number of rotatable bonds is 3. The first-order valence-electron chi connectivity index (χ1n) is 6.70. The molecule has 0 radical (unpaired) electrons. The van der Waals surface area contributed by atoms with Gasteiger partial charge < -0.3 is 10.1 Å². The third-order valence-corrected chi connectivity index (χ3v) is 4.09. The van der Waals surface area contributed by atoms with Crippen LogP contribution in [0.3, 0.4) is 0 Å². The number of benzene rings is 1. The van der Waals surface area contributed by atoms with Gasteiger partial charge in [0.1, 0.15) is 11.9 Å². The van der Waals surface area contributed by atoms with Gasteiger partial charge in [-0.1, -0.05) is 24.6 Å². The molecule has 1 aliphatic rings. The van der Waals surface area contributed by atoms with Gasteiger partial charge in [0.15, 0.2) is 0 Å². The molecule has 1 aliphatic carbocycles. The lowest BCUT2D eigenvalue weighted by molar-refractivity contribution is 0.0937. The quantitative estimate of drug-likeness (QED) is 0.899. The van der Waals surface area contributed by atoms with Crippen LogP contribution < -0.4 is 10.1 Å². The molecule has 1 fully saturated rings. The summed E-state index contributed by atoms with van der Waals surface area (Å²) in [6.45, 7) is 4.36. The molecule has 0 heterocycles. The molecule has 0 amide bonds. The molecule has 1 aromatic rings. The maximum atomic E-state index is 6.19. The van der Waals surface area contributed by atoms with Crippen molar-refractivity contribution in [3.8, 4) is 5.75 Å². The Morgan fingerprint density at radius 2 is 2.11 bits per heavy atom. The van der Waals surface area contributed by atoms with Crippen molar-refractivity contribution in [2.24, 2.45) is 5.92 Å². The topological polar surface area (TPSA) is 21.3 Å². The molecule has 2 rings (SSSR count). The summed E-state index contributed by atoms with van der Waals surface area (Å²) < 4.78 is 6.19. The third-order valence-electron chi connectivity index (χ3n) is 3.85. The van der Waals surface area contributed by atoms with E-state index >= 15 is 0 Å². The summed E-state index contributed by atoms with van der Waals surface area (Å²) >= 11 is 6.04. The molecule has 0 bridgehead atoms. The summed E-state index contributed by atoms with van der Waals surface area (Å²) in [6.07, 6.45) is 3.81. The first kappa shape index (κ1) is 13.7. The van der Waals surface area contributed by atoms with Crippen LogP contribution in [0.4, 0.5) is 0 Å². The average molecular weight is 268 g/mol. The number of ether oxygens (including phenoxy) is 1. The van der Waals surface area contributed by atoms with E-state index in [4.69, 9.17) is 16.3 Å². The average Bonchev–Trinajstić information content (AvgIpc) is 2.34. The molecule has 1 N–H and O–H groups in total. The molecule has 3 heteroatoms.